The van der Waals surface area contributed by atoms with Crippen molar-refractivity contribution in [2.24, 2.45) is 0 Å². The Hall–Kier alpha value is -1.94. The number of anilines is 1. The molecule has 0 unspecified atom stereocenters. The molecular weight excluding hydrogens is 250 g/mol. The van der Waals surface area contributed by atoms with E-state index in [-0.39, 0.29) is 0 Å². The smallest absolute Gasteiger partial charge is 0.157 e. The van der Waals surface area contributed by atoms with Gasteiger partial charge in [-0.3, -0.25) is 0 Å². The van der Waals surface area contributed by atoms with Crippen LogP contribution in [0.1, 0.15) is 31.7 Å². The van der Waals surface area contributed by atoms with E-state index in [1.165, 1.54) is 5.56 Å². The highest BCUT2D eigenvalue weighted by atomic mass is 16.5. The molecule has 0 aliphatic carbocycles. The third kappa shape index (κ3) is 3.78. The number of nitrogens with zero attached hydrogens (tertiary/aromatic N) is 2. The average Bonchev–Trinajstić information content (AvgIpc) is 2.46. The highest BCUT2D eigenvalue weighted by Gasteiger charge is 2.05. The highest BCUT2D eigenvalue weighted by molar-refractivity contribution is 5.62. The molecule has 1 aromatic heterocycles. The van der Waals surface area contributed by atoms with Crippen LogP contribution in [-0.2, 0) is 17.8 Å². The summed E-state index contributed by atoms with van der Waals surface area (Å²) in [5.74, 6) is 1.10. The number of hydrogen-bond donors (Lipinski definition) is 1. The van der Waals surface area contributed by atoms with E-state index in [9.17, 15) is 0 Å². The molecule has 0 amide bonds. The van der Waals surface area contributed by atoms with Gasteiger partial charge in [-0.25, -0.2) is 9.97 Å². The summed E-state index contributed by atoms with van der Waals surface area (Å²) in [5.41, 5.74) is 9.08. The molecule has 0 saturated heterocycles. The van der Waals surface area contributed by atoms with E-state index in [1.54, 1.807) is 6.07 Å². The van der Waals surface area contributed by atoms with Gasteiger partial charge in [0.1, 0.15) is 12.4 Å². The molecule has 0 radical (unpaired) electrons. The van der Waals surface area contributed by atoms with Gasteiger partial charge in [0.2, 0.25) is 0 Å². The summed E-state index contributed by atoms with van der Waals surface area (Å²) < 4.78 is 5.34. The normalized spacial score (nSPS) is 10.7. The van der Waals surface area contributed by atoms with Crippen LogP contribution in [0.5, 0.6) is 0 Å². The zero-order valence-electron chi connectivity index (χ0n) is 12.1. The second-order valence-corrected chi connectivity index (χ2v) is 4.68. The average molecular weight is 271 g/mol. The highest BCUT2D eigenvalue weighted by Crippen LogP contribution is 2.20. The molecule has 1 heterocycles. The van der Waals surface area contributed by atoms with E-state index in [0.717, 1.165) is 24.1 Å². The van der Waals surface area contributed by atoms with Crippen LogP contribution in [0.2, 0.25) is 0 Å². The molecule has 2 rings (SSSR count). The Bertz CT molecular complexity index is 552. The molecular formula is C16H21N3O. The molecule has 106 valence electrons. The summed E-state index contributed by atoms with van der Waals surface area (Å²) in [7, 11) is 0. The monoisotopic (exact) mass is 271 g/mol. The molecule has 0 fully saturated rings. The number of nitrogen functional groups attached to an aromatic ring is 1. The predicted octanol–water partition coefficient (Wildman–Crippen LogP) is 3.21. The Morgan fingerprint density at radius 1 is 1.10 bits per heavy atom. The molecule has 0 bridgehead atoms. The van der Waals surface area contributed by atoms with Crippen molar-refractivity contribution in [3.63, 3.8) is 0 Å². The molecule has 2 aromatic rings. The SMILES string of the molecule is CCCc1ccc(-c2cc(N)nc(COCC)n2)cc1. The third-order valence-electron chi connectivity index (χ3n) is 3.02. The molecule has 4 nitrogen and oxygen atoms in total. The van der Waals surface area contributed by atoms with Gasteiger partial charge in [0, 0.05) is 18.2 Å². The van der Waals surface area contributed by atoms with E-state index >= 15 is 0 Å². The summed E-state index contributed by atoms with van der Waals surface area (Å²) in [6, 6.07) is 10.2. The number of ether oxygens (including phenoxy) is 1. The lowest BCUT2D eigenvalue weighted by atomic mass is 10.1. The zero-order chi connectivity index (χ0) is 14.4. The fourth-order valence-electron chi connectivity index (χ4n) is 2.05. The lowest BCUT2D eigenvalue weighted by molar-refractivity contribution is 0.128. The number of nitrogens with two attached hydrogens (primary N) is 1. The van der Waals surface area contributed by atoms with Crippen molar-refractivity contribution >= 4 is 5.82 Å². The van der Waals surface area contributed by atoms with Crippen LogP contribution < -0.4 is 5.73 Å². The van der Waals surface area contributed by atoms with Crippen molar-refractivity contribution in [1.29, 1.82) is 0 Å². The Kier molecular flexibility index (Phi) is 5.07. The zero-order valence-corrected chi connectivity index (χ0v) is 12.1. The first-order valence-electron chi connectivity index (χ1n) is 7.03. The number of aryl methyl sites for hydroxylation is 1. The quantitative estimate of drug-likeness (QED) is 0.876. The molecule has 1 aromatic carbocycles. The van der Waals surface area contributed by atoms with Gasteiger partial charge in [-0.15, -0.1) is 0 Å². The fraction of sp³-hybridized carbons (Fsp3) is 0.375. The summed E-state index contributed by atoms with van der Waals surface area (Å²) in [4.78, 5) is 8.69. The second-order valence-electron chi connectivity index (χ2n) is 4.68. The van der Waals surface area contributed by atoms with Crippen molar-refractivity contribution in [3.05, 3.63) is 41.7 Å². The van der Waals surface area contributed by atoms with Gasteiger partial charge in [-0.1, -0.05) is 37.6 Å². The van der Waals surface area contributed by atoms with E-state index in [0.29, 0.717) is 24.9 Å². The van der Waals surface area contributed by atoms with E-state index in [1.807, 2.05) is 6.92 Å². The maximum atomic E-state index is 5.84. The van der Waals surface area contributed by atoms with Gasteiger partial charge in [0.15, 0.2) is 5.82 Å². The second kappa shape index (κ2) is 7.01. The minimum atomic E-state index is 0.391. The van der Waals surface area contributed by atoms with Crippen molar-refractivity contribution in [2.75, 3.05) is 12.3 Å². The summed E-state index contributed by atoms with van der Waals surface area (Å²) >= 11 is 0. The lowest BCUT2D eigenvalue weighted by Crippen LogP contribution is -2.03. The van der Waals surface area contributed by atoms with Gasteiger partial charge < -0.3 is 10.5 Å². The largest absolute Gasteiger partial charge is 0.384 e. The first-order chi connectivity index (χ1) is 9.72. The van der Waals surface area contributed by atoms with Gasteiger partial charge in [-0.05, 0) is 18.9 Å². The van der Waals surface area contributed by atoms with Gasteiger partial charge >= 0.3 is 0 Å². The summed E-state index contributed by atoms with van der Waals surface area (Å²) in [6.07, 6.45) is 2.25. The third-order valence-corrected chi connectivity index (χ3v) is 3.02. The van der Waals surface area contributed by atoms with E-state index in [2.05, 4.69) is 41.2 Å². The summed E-state index contributed by atoms with van der Waals surface area (Å²) in [6.45, 7) is 5.15. The Morgan fingerprint density at radius 2 is 1.85 bits per heavy atom. The molecule has 0 spiro atoms. The van der Waals surface area contributed by atoms with Crippen LogP contribution >= 0.6 is 0 Å². The Labute approximate surface area is 120 Å². The Morgan fingerprint density at radius 3 is 2.50 bits per heavy atom. The maximum absolute atomic E-state index is 5.84. The minimum absolute atomic E-state index is 0.391. The number of rotatable bonds is 6. The first-order valence-corrected chi connectivity index (χ1v) is 7.03. The van der Waals surface area contributed by atoms with Crippen molar-refractivity contribution in [2.45, 2.75) is 33.3 Å². The van der Waals surface area contributed by atoms with Crippen molar-refractivity contribution in [3.8, 4) is 11.3 Å². The van der Waals surface area contributed by atoms with Crippen LogP contribution in [0.3, 0.4) is 0 Å². The minimum Gasteiger partial charge on any atom is -0.384 e. The maximum Gasteiger partial charge on any atom is 0.157 e. The van der Waals surface area contributed by atoms with Crippen LogP contribution in [0.25, 0.3) is 11.3 Å². The molecule has 0 aliphatic rings. The van der Waals surface area contributed by atoms with Crippen molar-refractivity contribution in [1.82, 2.24) is 9.97 Å². The number of benzene rings is 1. The van der Waals surface area contributed by atoms with Crippen LogP contribution in [-0.4, -0.2) is 16.6 Å². The standard InChI is InChI=1S/C16H21N3O/c1-3-5-12-6-8-13(9-7-12)14-10-15(17)19-16(18-14)11-20-4-2/h6-10H,3-5,11H2,1-2H3,(H2,17,18,19). The number of aromatic nitrogens is 2. The van der Waals surface area contributed by atoms with Crippen molar-refractivity contribution < 1.29 is 4.74 Å². The molecule has 4 heteroatoms. The molecule has 0 atom stereocenters. The first kappa shape index (κ1) is 14.5. The van der Waals surface area contributed by atoms with E-state index in [4.69, 9.17) is 10.5 Å². The van der Waals surface area contributed by atoms with Gasteiger partial charge in [-0.2, -0.15) is 0 Å². The predicted molar refractivity (Wildman–Crippen MR) is 81.2 cm³/mol. The topological polar surface area (TPSA) is 61.0 Å². The molecule has 20 heavy (non-hydrogen) atoms. The van der Waals surface area contributed by atoms with E-state index < -0.39 is 0 Å². The van der Waals surface area contributed by atoms with Crippen LogP contribution in [0.15, 0.2) is 30.3 Å². The molecule has 0 aliphatic heterocycles. The lowest BCUT2D eigenvalue weighted by Gasteiger charge is -2.07. The van der Waals surface area contributed by atoms with Gasteiger partial charge in [0.25, 0.3) is 0 Å². The van der Waals surface area contributed by atoms with Crippen LogP contribution in [0, 0.1) is 0 Å². The van der Waals surface area contributed by atoms with Gasteiger partial charge in [0.05, 0.1) is 5.69 Å². The van der Waals surface area contributed by atoms with Crippen LogP contribution in [0.4, 0.5) is 5.82 Å². The molecule has 0 saturated carbocycles. The molecule has 2 N–H and O–H groups in total. The number of hydrogen-bond acceptors (Lipinski definition) is 4. The summed E-state index contributed by atoms with van der Waals surface area (Å²) in [5, 5.41) is 0. The fourth-order valence-corrected chi connectivity index (χ4v) is 2.05. The Balaban J connectivity index is 2.24.